The average Bonchev–Trinajstić information content (AvgIpc) is 3.43. The predicted molar refractivity (Wildman–Crippen MR) is 203 cm³/mol. The van der Waals surface area contributed by atoms with Crippen LogP contribution in [0, 0.1) is 17.8 Å². The summed E-state index contributed by atoms with van der Waals surface area (Å²) in [5, 5.41) is 12.2. The van der Waals surface area contributed by atoms with Gasteiger partial charge in [-0.25, -0.2) is 9.59 Å². The summed E-state index contributed by atoms with van der Waals surface area (Å²) in [6, 6.07) is 7.19. The Bertz CT molecular complexity index is 1530. The number of esters is 2. The highest BCUT2D eigenvalue weighted by Crippen LogP contribution is 2.38. The Balaban J connectivity index is 1.31. The van der Waals surface area contributed by atoms with E-state index in [1.807, 2.05) is 30.3 Å². The first-order valence-electron chi connectivity index (χ1n) is 19.1. The molecule has 1 aromatic rings. The third-order valence-corrected chi connectivity index (χ3v) is 13.9. The van der Waals surface area contributed by atoms with Crippen molar-refractivity contribution in [3.05, 3.63) is 35.9 Å². The van der Waals surface area contributed by atoms with E-state index in [0.717, 1.165) is 31.2 Å². The zero-order valence-corrected chi connectivity index (χ0v) is 32.8. The standard InChI is InChI=1S/C39H53N3O10S2/c1-51-38(49)29-10-6-12-32-41(29)36(47)27(18-20-53-32)23-31(43)25(16-17-34(44)45)14-15-26(22-24-8-4-3-5-9-24)35(46)40-28-19-21-54-33-13-7-11-30(39(50)52-2)42(33)37(28)48/h3-5,8-9,25-30,32-33H,6-7,10-23H2,1-2H3,(H,40,46)(H,44,45)/t25-,26-,27-,28+,29+,30+,32+,33+/m1/s1. The number of fused-ring (bicyclic) bond motifs is 2. The van der Waals surface area contributed by atoms with E-state index in [1.54, 1.807) is 33.3 Å². The van der Waals surface area contributed by atoms with Crippen molar-refractivity contribution in [1.29, 1.82) is 0 Å². The van der Waals surface area contributed by atoms with Gasteiger partial charge in [0.1, 0.15) is 23.9 Å². The number of carboxylic acid groups (broad SMARTS) is 1. The van der Waals surface area contributed by atoms with Gasteiger partial charge >= 0.3 is 17.9 Å². The second-order valence-electron chi connectivity index (χ2n) is 14.7. The number of rotatable bonds is 15. The van der Waals surface area contributed by atoms with Gasteiger partial charge in [-0.3, -0.25) is 24.0 Å². The number of Topliss-reactive ketones (excluding diaryl/α,β-unsaturated/α-hetero) is 1. The molecule has 54 heavy (non-hydrogen) atoms. The van der Waals surface area contributed by atoms with Crippen molar-refractivity contribution >= 4 is 64.9 Å². The van der Waals surface area contributed by atoms with Gasteiger partial charge in [0, 0.05) is 30.6 Å². The van der Waals surface area contributed by atoms with Crippen LogP contribution in [-0.4, -0.2) is 111 Å². The van der Waals surface area contributed by atoms with Crippen LogP contribution in [0.15, 0.2) is 30.3 Å². The normalized spacial score (nSPS) is 26.9. The first kappa shape index (κ1) is 41.6. The van der Waals surface area contributed by atoms with Crippen LogP contribution in [0.5, 0.6) is 0 Å². The Hall–Kier alpha value is -3.59. The maximum atomic E-state index is 14.1. The molecule has 4 heterocycles. The van der Waals surface area contributed by atoms with Gasteiger partial charge in [0.15, 0.2) is 0 Å². The first-order valence-corrected chi connectivity index (χ1v) is 21.2. The molecule has 0 unspecified atom stereocenters. The Morgan fingerprint density at radius 1 is 0.778 bits per heavy atom. The van der Waals surface area contributed by atoms with Gasteiger partial charge in [0.05, 0.1) is 25.0 Å². The molecule has 4 aliphatic rings. The van der Waals surface area contributed by atoms with E-state index in [1.165, 1.54) is 14.2 Å². The van der Waals surface area contributed by atoms with Crippen molar-refractivity contribution in [2.45, 2.75) is 119 Å². The molecule has 0 aliphatic carbocycles. The van der Waals surface area contributed by atoms with Crippen LogP contribution in [0.2, 0.25) is 0 Å². The third-order valence-electron chi connectivity index (χ3n) is 11.2. The molecule has 0 bridgehead atoms. The lowest BCUT2D eigenvalue weighted by molar-refractivity contribution is -0.157. The molecule has 2 N–H and O–H groups in total. The molecule has 13 nitrogen and oxygen atoms in total. The van der Waals surface area contributed by atoms with E-state index < -0.39 is 53.8 Å². The maximum absolute atomic E-state index is 14.1. The van der Waals surface area contributed by atoms with Crippen LogP contribution in [-0.2, 0) is 49.5 Å². The summed E-state index contributed by atoms with van der Waals surface area (Å²) in [6.45, 7) is 0. The molecular formula is C39H53N3O10S2. The highest BCUT2D eigenvalue weighted by molar-refractivity contribution is 8.00. The molecule has 1 aromatic carbocycles. The molecule has 4 aliphatic heterocycles. The number of nitrogens with zero attached hydrogens (tertiary/aromatic N) is 2. The largest absolute Gasteiger partial charge is 0.481 e. The molecule has 0 saturated carbocycles. The summed E-state index contributed by atoms with van der Waals surface area (Å²) in [4.78, 5) is 96.3. The number of methoxy groups -OCH3 is 2. The zero-order chi connectivity index (χ0) is 38.8. The number of hydrogen-bond donors (Lipinski definition) is 2. The molecule has 4 saturated heterocycles. The summed E-state index contributed by atoms with van der Waals surface area (Å²) in [6.07, 6.45) is 5.48. The number of nitrogens with one attached hydrogen (secondary N) is 1. The number of carbonyl (C=O) groups excluding carboxylic acids is 6. The van der Waals surface area contributed by atoms with Gasteiger partial charge in [0.2, 0.25) is 17.7 Å². The lowest BCUT2D eigenvalue weighted by Gasteiger charge is -2.40. The molecule has 5 rings (SSSR count). The van der Waals surface area contributed by atoms with Crippen LogP contribution in [0.4, 0.5) is 0 Å². The van der Waals surface area contributed by atoms with E-state index in [9.17, 15) is 38.7 Å². The second kappa shape index (κ2) is 19.8. The van der Waals surface area contributed by atoms with Crippen LogP contribution in [0.3, 0.4) is 0 Å². The van der Waals surface area contributed by atoms with Gasteiger partial charge in [0.25, 0.3) is 0 Å². The number of ketones is 1. The number of carbonyl (C=O) groups is 7. The Morgan fingerprint density at radius 2 is 1.35 bits per heavy atom. The zero-order valence-electron chi connectivity index (χ0n) is 31.2. The fourth-order valence-electron chi connectivity index (χ4n) is 8.30. The summed E-state index contributed by atoms with van der Waals surface area (Å²) in [5.41, 5.74) is 0.897. The minimum Gasteiger partial charge on any atom is -0.481 e. The smallest absolute Gasteiger partial charge is 0.328 e. The number of ether oxygens (including phenoxy) is 2. The summed E-state index contributed by atoms with van der Waals surface area (Å²) in [7, 11) is 2.61. The van der Waals surface area contributed by atoms with Crippen LogP contribution < -0.4 is 5.32 Å². The van der Waals surface area contributed by atoms with Gasteiger partial charge in [-0.15, -0.1) is 23.5 Å². The summed E-state index contributed by atoms with van der Waals surface area (Å²) < 4.78 is 10.0. The highest BCUT2D eigenvalue weighted by Gasteiger charge is 2.45. The molecule has 0 aromatic heterocycles. The maximum Gasteiger partial charge on any atom is 0.328 e. The topological polar surface area (TPSA) is 177 Å². The minimum atomic E-state index is -1.04. The molecular weight excluding hydrogens is 735 g/mol. The van der Waals surface area contributed by atoms with E-state index in [-0.39, 0.29) is 66.4 Å². The number of amides is 3. The van der Waals surface area contributed by atoms with Crippen molar-refractivity contribution in [2.24, 2.45) is 17.8 Å². The van der Waals surface area contributed by atoms with Crippen LogP contribution in [0.1, 0.15) is 89.0 Å². The number of hydrogen-bond acceptors (Lipinski definition) is 11. The number of benzene rings is 1. The first-order chi connectivity index (χ1) is 26.0. The second-order valence-corrected chi connectivity index (χ2v) is 17.3. The molecule has 15 heteroatoms. The fraction of sp³-hybridized carbons (Fsp3) is 0.667. The van der Waals surface area contributed by atoms with Crippen molar-refractivity contribution < 1.29 is 48.1 Å². The van der Waals surface area contributed by atoms with Crippen molar-refractivity contribution in [3.63, 3.8) is 0 Å². The third kappa shape index (κ3) is 10.4. The Kier molecular flexibility index (Phi) is 15.3. The monoisotopic (exact) mass is 787 g/mol. The molecule has 4 fully saturated rings. The van der Waals surface area contributed by atoms with E-state index in [4.69, 9.17) is 9.47 Å². The minimum absolute atomic E-state index is 0.0597. The number of carboxylic acids is 1. The van der Waals surface area contributed by atoms with Crippen LogP contribution in [0.25, 0.3) is 0 Å². The van der Waals surface area contributed by atoms with Gasteiger partial charge in [-0.05, 0) is 94.1 Å². The predicted octanol–water partition coefficient (Wildman–Crippen LogP) is 4.20. The van der Waals surface area contributed by atoms with Crippen molar-refractivity contribution in [3.8, 4) is 0 Å². The van der Waals surface area contributed by atoms with Gasteiger partial charge in [-0.1, -0.05) is 30.3 Å². The van der Waals surface area contributed by atoms with Crippen LogP contribution >= 0.6 is 23.5 Å². The molecule has 8 atom stereocenters. The molecule has 3 amide bonds. The Morgan fingerprint density at radius 3 is 1.94 bits per heavy atom. The van der Waals surface area contributed by atoms with Crippen molar-refractivity contribution in [2.75, 3.05) is 25.7 Å². The summed E-state index contributed by atoms with van der Waals surface area (Å²) >= 11 is 3.22. The number of aliphatic carboxylic acids is 1. The average molecular weight is 788 g/mol. The van der Waals surface area contributed by atoms with E-state index in [2.05, 4.69) is 5.32 Å². The summed E-state index contributed by atoms with van der Waals surface area (Å²) in [5.74, 6) is -3.85. The fourth-order valence-corrected chi connectivity index (χ4v) is 11.1. The molecule has 0 radical (unpaired) electrons. The number of thioether (sulfide) groups is 2. The quantitative estimate of drug-likeness (QED) is 0.243. The molecule has 296 valence electrons. The lowest BCUT2D eigenvalue weighted by atomic mass is 9.83. The number of piperidine rings is 2. The highest BCUT2D eigenvalue weighted by atomic mass is 32.2. The SMILES string of the molecule is COC(=O)[C@@H]1CCC[C@@H]2SCC[C@H](CC(=O)[C@@H](CCC(=O)O)CC[C@H](Cc3ccccc3)C(=O)N[C@H]3CCS[C@H]4CCC[C@@H](C(=O)OC)N4C3=O)C(=O)N21. The Labute approximate surface area is 325 Å². The van der Waals surface area contributed by atoms with E-state index >= 15 is 0 Å². The van der Waals surface area contributed by atoms with Crippen molar-refractivity contribution in [1.82, 2.24) is 15.1 Å². The lowest BCUT2D eigenvalue weighted by Crippen LogP contribution is -2.57. The van der Waals surface area contributed by atoms with E-state index in [0.29, 0.717) is 43.6 Å². The molecule has 0 spiro atoms. The van der Waals surface area contributed by atoms with Gasteiger partial charge in [-0.2, -0.15) is 0 Å². The van der Waals surface area contributed by atoms with Gasteiger partial charge < -0.3 is 29.7 Å².